The van der Waals surface area contributed by atoms with Gasteiger partial charge in [0.2, 0.25) is 5.91 Å². The first-order valence-electron chi connectivity index (χ1n) is 6.34. The van der Waals surface area contributed by atoms with Crippen LogP contribution in [0.1, 0.15) is 24.0 Å². The number of carbonyl (C=O) groups is 2. The Bertz CT molecular complexity index is 475. The third-order valence-electron chi connectivity index (χ3n) is 2.84. The van der Waals surface area contributed by atoms with Gasteiger partial charge in [-0.1, -0.05) is 6.07 Å². The van der Waals surface area contributed by atoms with E-state index in [1.807, 2.05) is 32.0 Å². The molecule has 0 aromatic heterocycles. The highest BCUT2D eigenvalue weighted by molar-refractivity contribution is 5.85. The molecular formula is C14H18N2O3. The number of amides is 2. The van der Waals surface area contributed by atoms with Crippen molar-refractivity contribution < 1.29 is 14.3 Å². The summed E-state index contributed by atoms with van der Waals surface area (Å²) in [5, 5.41) is 0. The summed E-state index contributed by atoms with van der Waals surface area (Å²) in [6.07, 6.45) is 1.81. The summed E-state index contributed by atoms with van der Waals surface area (Å²) in [5.41, 5.74) is 6.89. The summed E-state index contributed by atoms with van der Waals surface area (Å²) in [6, 6.07) is 5.76. The van der Waals surface area contributed by atoms with Gasteiger partial charge in [0.1, 0.15) is 5.75 Å². The molecule has 1 saturated carbocycles. The smallest absolute Gasteiger partial charge is 0.276 e. The van der Waals surface area contributed by atoms with Crippen molar-refractivity contribution in [1.82, 2.24) is 10.9 Å². The van der Waals surface area contributed by atoms with Crippen molar-refractivity contribution in [3.63, 3.8) is 0 Å². The van der Waals surface area contributed by atoms with Gasteiger partial charge in [0.15, 0.2) is 6.61 Å². The third kappa shape index (κ3) is 4.28. The van der Waals surface area contributed by atoms with E-state index in [1.165, 1.54) is 0 Å². The van der Waals surface area contributed by atoms with Gasteiger partial charge < -0.3 is 4.74 Å². The molecule has 1 aromatic rings. The Morgan fingerprint density at radius 2 is 1.79 bits per heavy atom. The fourth-order valence-electron chi connectivity index (χ4n) is 1.78. The van der Waals surface area contributed by atoms with E-state index in [0.717, 1.165) is 24.0 Å². The zero-order chi connectivity index (χ0) is 13.8. The summed E-state index contributed by atoms with van der Waals surface area (Å²) < 4.78 is 5.37. The average Bonchev–Trinajstić information content (AvgIpc) is 3.16. The maximum atomic E-state index is 11.5. The Labute approximate surface area is 112 Å². The second-order valence-electron chi connectivity index (χ2n) is 4.92. The SMILES string of the molecule is Cc1cc(C)cc(OCC(=O)NNC(=O)C2CC2)c1. The van der Waals surface area contributed by atoms with Crippen LogP contribution in [0.3, 0.4) is 0 Å². The van der Waals surface area contributed by atoms with Gasteiger partial charge in [0.05, 0.1) is 0 Å². The molecule has 19 heavy (non-hydrogen) atoms. The number of rotatable bonds is 4. The van der Waals surface area contributed by atoms with Crippen LogP contribution in [0.4, 0.5) is 0 Å². The van der Waals surface area contributed by atoms with Crippen molar-refractivity contribution in [2.45, 2.75) is 26.7 Å². The lowest BCUT2D eigenvalue weighted by Crippen LogP contribution is -2.44. The Hall–Kier alpha value is -2.04. The van der Waals surface area contributed by atoms with E-state index in [0.29, 0.717) is 5.75 Å². The first-order chi connectivity index (χ1) is 9.04. The topological polar surface area (TPSA) is 67.4 Å². The zero-order valence-corrected chi connectivity index (χ0v) is 11.2. The molecule has 1 aromatic carbocycles. The summed E-state index contributed by atoms with van der Waals surface area (Å²) >= 11 is 0. The van der Waals surface area contributed by atoms with Crippen molar-refractivity contribution in [2.75, 3.05) is 6.61 Å². The van der Waals surface area contributed by atoms with E-state index in [-0.39, 0.29) is 24.3 Å². The lowest BCUT2D eigenvalue weighted by Gasteiger charge is -2.09. The molecule has 5 heteroatoms. The molecule has 102 valence electrons. The highest BCUT2D eigenvalue weighted by Crippen LogP contribution is 2.28. The van der Waals surface area contributed by atoms with Crippen molar-refractivity contribution in [3.8, 4) is 5.75 Å². The molecule has 1 aliphatic rings. The summed E-state index contributed by atoms with van der Waals surface area (Å²) in [4.78, 5) is 22.8. The molecule has 0 atom stereocenters. The molecular weight excluding hydrogens is 244 g/mol. The Morgan fingerprint density at radius 3 is 2.37 bits per heavy atom. The van der Waals surface area contributed by atoms with Crippen LogP contribution in [0.25, 0.3) is 0 Å². The minimum atomic E-state index is -0.367. The molecule has 2 rings (SSSR count). The van der Waals surface area contributed by atoms with Crippen LogP contribution in [-0.4, -0.2) is 18.4 Å². The molecule has 2 amide bonds. The van der Waals surface area contributed by atoms with Gasteiger partial charge in [0, 0.05) is 5.92 Å². The van der Waals surface area contributed by atoms with E-state index in [9.17, 15) is 9.59 Å². The molecule has 0 aliphatic heterocycles. The van der Waals surface area contributed by atoms with Gasteiger partial charge in [-0.05, 0) is 49.9 Å². The van der Waals surface area contributed by atoms with Crippen LogP contribution in [0.5, 0.6) is 5.75 Å². The van der Waals surface area contributed by atoms with Gasteiger partial charge >= 0.3 is 0 Å². The van der Waals surface area contributed by atoms with E-state index in [1.54, 1.807) is 0 Å². The zero-order valence-electron chi connectivity index (χ0n) is 11.2. The van der Waals surface area contributed by atoms with Crippen molar-refractivity contribution in [2.24, 2.45) is 5.92 Å². The van der Waals surface area contributed by atoms with E-state index >= 15 is 0 Å². The van der Waals surface area contributed by atoms with E-state index < -0.39 is 0 Å². The Balaban J connectivity index is 1.74. The normalized spacial score (nSPS) is 13.8. The number of nitrogens with one attached hydrogen (secondary N) is 2. The first-order valence-corrected chi connectivity index (χ1v) is 6.34. The highest BCUT2D eigenvalue weighted by Gasteiger charge is 2.29. The van der Waals surface area contributed by atoms with Crippen LogP contribution in [0.15, 0.2) is 18.2 Å². The monoisotopic (exact) mass is 262 g/mol. The Kier molecular flexibility index (Phi) is 4.04. The van der Waals surface area contributed by atoms with Crippen LogP contribution in [0, 0.1) is 19.8 Å². The maximum Gasteiger partial charge on any atom is 0.276 e. The number of hydrogen-bond donors (Lipinski definition) is 2. The summed E-state index contributed by atoms with van der Waals surface area (Å²) in [5.74, 6) is 0.231. The predicted octanol–water partition coefficient (Wildman–Crippen LogP) is 1.24. The number of hydrogen-bond acceptors (Lipinski definition) is 3. The van der Waals surface area contributed by atoms with Gasteiger partial charge in [0.25, 0.3) is 5.91 Å². The van der Waals surface area contributed by atoms with Crippen molar-refractivity contribution in [3.05, 3.63) is 29.3 Å². The molecule has 0 heterocycles. The summed E-state index contributed by atoms with van der Waals surface area (Å²) in [6.45, 7) is 3.82. The van der Waals surface area contributed by atoms with E-state index in [2.05, 4.69) is 10.9 Å². The fourth-order valence-corrected chi connectivity index (χ4v) is 1.78. The number of carbonyl (C=O) groups excluding carboxylic acids is 2. The standard InChI is InChI=1S/C14H18N2O3/c1-9-5-10(2)7-12(6-9)19-8-13(17)15-16-14(18)11-3-4-11/h5-7,11H,3-4,8H2,1-2H3,(H,15,17)(H,16,18). The second-order valence-corrected chi connectivity index (χ2v) is 4.92. The molecule has 5 nitrogen and oxygen atoms in total. The van der Waals surface area contributed by atoms with Crippen LogP contribution in [0.2, 0.25) is 0 Å². The lowest BCUT2D eigenvalue weighted by molar-refractivity contribution is -0.130. The van der Waals surface area contributed by atoms with Crippen LogP contribution in [-0.2, 0) is 9.59 Å². The average molecular weight is 262 g/mol. The van der Waals surface area contributed by atoms with Crippen molar-refractivity contribution >= 4 is 11.8 Å². The Morgan fingerprint density at radius 1 is 1.16 bits per heavy atom. The number of hydrazine groups is 1. The van der Waals surface area contributed by atoms with Gasteiger partial charge in [-0.3, -0.25) is 20.4 Å². The third-order valence-corrected chi connectivity index (χ3v) is 2.84. The highest BCUT2D eigenvalue weighted by atomic mass is 16.5. The van der Waals surface area contributed by atoms with Crippen LogP contribution < -0.4 is 15.6 Å². The first kappa shape index (κ1) is 13.4. The largest absolute Gasteiger partial charge is 0.484 e. The molecule has 0 bridgehead atoms. The molecule has 2 N–H and O–H groups in total. The molecule has 0 unspecified atom stereocenters. The number of benzene rings is 1. The van der Waals surface area contributed by atoms with Gasteiger partial charge in [-0.15, -0.1) is 0 Å². The second kappa shape index (κ2) is 5.73. The number of aryl methyl sites for hydroxylation is 2. The minimum Gasteiger partial charge on any atom is -0.484 e. The molecule has 0 spiro atoms. The lowest BCUT2D eigenvalue weighted by atomic mass is 10.1. The maximum absolute atomic E-state index is 11.5. The minimum absolute atomic E-state index is 0.0700. The molecule has 0 radical (unpaired) electrons. The predicted molar refractivity (Wildman–Crippen MR) is 70.4 cm³/mol. The van der Waals surface area contributed by atoms with Crippen LogP contribution >= 0.6 is 0 Å². The molecule has 1 aliphatic carbocycles. The van der Waals surface area contributed by atoms with Crippen molar-refractivity contribution in [1.29, 1.82) is 0 Å². The quantitative estimate of drug-likeness (QED) is 0.802. The van der Waals surface area contributed by atoms with Gasteiger partial charge in [-0.2, -0.15) is 0 Å². The van der Waals surface area contributed by atoms with E-state index in [4.69, 9.17) is 4.74 Å². The molecule has 1 fully saturated rings. The molecule has 0 saturated heterocycles. The summed E-state index contributed by atoms with van der Waals surface area (Å²) in [7, 11) is 0. The number of ether oxygens (including phenoxy) is 1. The fraction of sp³-hybridized carbons (Fsp3) is 0.429. The van der Waals surface area contributed by atoms with Gasteiger partial charge in [-0.25, -0.2) is 0 Å².